The number of halogens is 2. The van der Waals surface area contributed by atoms with Crippen LogP contribution in [0.2, 0.25) is 0 Å². The molecule has 0 fully saturated rings. The molecule has 0 aromatic rings. The summed E-state index contributed by atoms with van der Waals surface area (Å²) in [6.07, 6.45) is 1.08. The summed E-state index contributed by atoms with van der Waals surface area (Å²) in [6.45, 7) is 4.87. The lowest BCUT2D eigenvalue weighted by Gasteiger charge is -2.34. The van der Waals surface area contributed by atoms with E-state index < -0.39 is 29.1 Å². The van der Waals surface area contributed by atoms with Gasteiger partial charge in [-0.25, -0.2) is 0 Å². The summed E-state index contributed by atoms with van der Waals surface area (Å²) in [5.41, 5.74) is -3.02. The molecule has 19 heavy (non-hydrogen) atoms. The molecule has 0 aromatic heterocycles. The van der Waals surface area contributed by atoms with Crippen LogP contribution in [0, 0.1) is 5.41 Å². The molecular weight excluding hydrogens is 384 g/mol. The van der Waals surface area contributed by atoms with Crippen LogP contribution in [-0.4, -0.2) is 33.9 Å². The molecule has 0 radical (unpaired) electrons. The number of esters is 1. The minimum atomic E-state index is -2.17. The molecule has 0 aromatic carbocycles. The predicted octanol–water partition coefficient (Wildman–Crippen LogP) is 2.33. The Morgan fingerprint density at radius 1 is 1.37 bits per heavy atom. The predicted molar refractivity (Wildman–Crippen MR) is 75.9 cm³/mol. The summed E-state index contributed by atoms with van der Waals surface area (Å²) in [6, 6.07) is 0. The summed E-state index contributed by atoms with van der Waals surface area (Å²) in [5.74, 6) is -2.49. The fourth-order valence-electron chi connectivity index (χ4n) is 1.57. The van der Waals surface area contributed by atoms with Crippen molar-refractivity contribution in [1.29, 1.82) is 0 Å². The third kappa shape index (κ3) is 3.27. The van der Waals surface area contributed by atoms with Crippen molar-refractivity contribution in [3.05, 3.63) is 21.1 Å². The molecule has 1 aliphatic carbocycles. The van der Waals surface area contributed by atoms with Gasteiger partial charge >= 0.3 is 11.9 Å². The highest BCUT2D eigenvalue weighted by atomic mass is 79.9. The van der Waals surface area contributed by atoms with Crippen molar-refractivity contribution in [2.45, 2.75) is 32.5 Å². The number of allylic oxidation sites excluding steroid dienone is 2. The summed E-state index contributed by atoms with van der Waals surface area (Å²) in [5, 5.41) is 19.5. The summed E-state index contributed by atoms with van der Waals surface area (Å²) in [7, 11) is 0. The van der Waals surface area contributed by atoms with Gasteiger partial charge in [-0.1, -0.05) is 31.9 Å². The Balaban J connectivity index is 3.31. The van der Waals surface area contributed by atoms with Crippen molar-refractivity contribution < 1.29 is 24.5 Å². The fraction of sp³-hybridized carbons (Fsp3) is 0.500. The minimum Gasteiger partial charge on any atom is -0.480 e. The van der Waals surface area contributed by atoms with E-state index in [4.69, 9.17) is 4.74 Å². The number of hydrogen-bond acceptors (Lipinski definition) is 4. The zero-order chi connectivity index (χ0) is 15.0. The Hall–Kier alpha value is -0.660. The van der Waals surface area contributed by atoms with Gasteiger partial charge in [-0.05, 0) is 32.9 Å². The van der Waals surface area contributed by atoms with Crippen LogP contribution in [0.5, 0.6) is 0 Å². The van der Waals surface area contributed by atoms with Crippen molar-refractivity contribution >= 4 is 43.8 Å². The van der Waals surface area contributed by atoms with E-state index in [0.29, 0.717) is 4.48 Å². The molecule has 1 rings (SSSR count). The lowest BCUT2D eigenvalue weighted by Crippen LogP contribution is -2.51. The highest BCUT2D eigenvalue weighted by molar-refractivity contribution is 9.12. The molecule has 7 heteroatoms. The number of carbonyl (C=O) groups excluding carboxylic acids is 1. The zero-order valence-electron chi connectivity index (χ0n) is 10.6. The summed E-state index contributed by atoms with van der Waals surface area (Å²) >= 11 is 6.18. The van der Waals surface area contributed by atoms with Crippen molar-refractivity contribution in [2.75, 3.05) is 0 Å². The number of aliphatic hydroxyl groups excluding tert-OH is 1. The van der Waals surface area contributed by atoms with Gasteiger partial charge in [0.25, 0.3) is 0 Å². The molecule has 5 nitrogen and oxygen atoms in total. The minimum absolute atomic E-state index is 0.190. The highest BCUT2D eigenvalue weighted by Gasteiger charge is 2.55. The van der Waals surface area contributed by atoms with Crippen LogP contribution < -0.4 is 0 Å². The number of rotatable bonds is 2. The van der Waals surface area contributed by atoms with Crippen molar-refractivity contribution in [2.24, 2.45) is 5.41 Å². The lowest BCUT2D eigenvalue weighted by molar-refractivity contribution is -0.178. The molecule has 0 spiro atoms. The first-order valence-electron chi connectivity index (χ1n) is 5.41. The van der Waals surface area contributed by atoms with Crippen LogP contribution in [0.15, 0.2) is 21.1 Å². The Morgan fingerprint density at radius 2 is 1.89 bits per heavy atom. The van der Waals surface area contributed by atoms with Crippen molar-refractivity contribution in [3.63, 3.8) is 0 Å². The lowest BCUT2D eigenvalue weighted by atomic mass is 9.79. The standard InChI is InChI=1S/C12H14Br2O5/c1-11(2,3)19-10(18)12(9(16)17)5-6(13)4-7(14)8(12)15/h4-5,8,15H,1-3H3,(H,16,17). The van der Waals surface area contributed by atoms with E-state index in [-0.39, 0.29) is 4.48 Å². The molecule has 2 atom stereocenters. The van der Waals surface area contributed by atoms with Gasteiger partial charge in [0.05, 0.1) is 0 Å². The molecule has 1 aliphatic rings. The van der Waals surface area contributed by atoms with E-state index >= 15 is 0 Å². The van der Waals surface area contributed by atoms with Crippen LogP contribution in [0.25, 0.3) is 0 Å². The van der Waals surface area contributed by atoms with Crippen LogP contribution >= 0.6 is 31.9 Å². The van der Waals surface area contributed by atoms with Gasteiger partial charge in [-0.15, -0.1) is 0 Å². The molecular formula is C12H14Br2O5. The summed E-state index contributed by atoms with van der Waals surface area (Å²) in [4.78, 5) is 23.7. The smallest absolute Gasteiger partial charge is 0.331 e. The van der Waals surface area contributed by atoms with Gasteiger partial charge in [0, 0.05) is 8.96 Å². The Kier molecular flexibility index (Phi) is 4.64. The second kappa shape index (κ2) is 5.38. The maximum Gasteiger partial charge on any atom is 0.331 e. The zero-order valence-corrected chi connectivity index (χ0v) is 13.8. The van der Waals surface area contributed by atoms with Crippen molar-refractivity contribution in [3.8, 4) is 0 Å². The molecule has 0 aliphatic heterocycles. The van der Waals surface area contributed by atoms with E-state index in [1.165, 1.54) is 6.08 Å². The number of carboxylic acid groups (broad SMARTS) is 1. The largest absolute Gasteiger partial charge is 0.480 e. The quantitative estimate of drug-likeness (QED) is 0.551. The van der Waals surface area contributed by atoms with Gasteiger partial charge < -0.3 is 14.9 Å². The first-order chi connectivity index (χ1) is 8.50. The van der Waals surface area contributed by atoms with E-state index in [0.717, 1.165) is 6.08 Å². The second-order valence-corrected chi connectivity index (χ2v) is 6.97. The molecule has 2 unspecified atom stereocenters. The van der Waals surface area contributed by atoms with Crippen LogP contribution in [0.4, 0.5) is 0 Å². The highest BCUT2D eigenvalue weighted by Crippen LogP contribution is 2.40. The van der Waals surface area contributed by atoms with Crippen LogP contribution in [-0.2, 0) is 14.3 Å². The number of aliphatic carboxylic acids is 1. The molecule has 2 N–H and O–H groups in total. The molecule has 0 amide bonds. The van der Waals surface area contributed by atoms with Gasteiger partial charge in [-0.2, -0.15) is 0 Å². The van der Waals surface area contributed by atoms with Gasteiger partial charge in [0.15, 0.2) is 0 Å². The van der Waals surface area contributed by atoms with E-state index in [2.05, 4.69) is 31.9 Å². The van der Waals surface area contributed by atoms with Gasteiger partial charge in [0.1, 0.15) is 11.7 Å². The van der Waals surface area contributed by atoms with E-state index in [9.17, 15) is 19.8 Å². The average molecular weight is 398 g/mol. The first kappa shape index (κ1) is 16.4. The molecule has 106 valence electrons. The third-order valence-electron chi connectivity index (χ3n) is 2.42. The Bertz CT molecular complexity index is 475. The fourth-order valence-corrected chi connectivity index (χ4v) is 3.09. The summed E-state index contributed by atoms with van der Waals surface area (Å²) < 4.78 is 5.68. The number of ether oxygens (including phenoxy) is 1. The molecule has 0 heterocycles. The van der Waals surface area contributed by atoms with Gasteiger partial charge in [-0.3, -0.25) is 9.59 Å². The normalized spacial score (nSPS) is 27.4. The first-order valence-corrected chi connectivity index (χ1v) is 6.99. The van der Waals surface area contributed by atoms with Crippen molar-refractivity contribution in [1.82, 2.24) is 0 Å². The third-order valence-corrected chi connectivity index (χ3v) is 3.54. The number of carboxylic acids is 1. The SMILES string of the molecule is CC(C)(C)OC(=O)C1(C(=O)O)C=C(Br)C=C(Br)C1O. The Morgan fingerprint density at radius 3 is 2.32 bits per heavy atom. The second-order valence-electron chi connectivity index (χ2n) is 5.14. The molecule has 0 saturated carbocycles. The maximum absolute atomic E-state index is 12.2. The number of carbonyl (C=O) groups is 2. The van der Waals surface area contributed by atoms with E-state index in [1.54, 1.807) is 20.8 Å². The number of hydrogen-bond donors (Lipinski definition) is 2. The average Bonchev–Trinajstić information content (AvgIpc) is 2.20. The van der Waals surface area contributed by atoms with Crippen LogP contribution in [0.3, 0.4) is 0 Å². The maximum atomic E-state index is 12.2. The monoisotopic (exact) mass is 396 g/mol. The number of aliphatic hydroxyl groups is 1. The Labute approximate surface area is 127 Å². The van der Waals surface area contributed by atoms with E-state index in [1.807, 2.05) is 0 Å². The molecule has 0 bridgehead atoms. The topological polar surface area (TPSA) is 83.8 Å². The van der Waals surface area contributed by atoms with Crippen LogP contribution in [0.1, 0.15) is 20.8 Å². The van der Waals surface area contributed by atoms with Gasteiger partial charge in [0.2, 0.25) is 5.41 Å². The molecule has 0 saturated heterocycles.